The van der Waals surface area contributed by atoms with Crippen molar-refractivity contribution in [1.82, 2.24) is 4.90 Å². The van der Waals surface area contributed by atoms with E-state index in [1.54, 1.807) is 45.6 Å². The molecule has 1 aliphatic heterocycles. The fourth-order valence-electron chi connectivity index (χ4n) is 12.3. The first-order valence-corrected chi connectivity index (χ1v) is 15.9. The summed E-state index contributed by atoms with van der Waals surface area (Å²) >= 11 is 0. The number of nitrogens with zero attached hydrogens (tertiary/aromatic N) is 1. The van der Waals surface area contributed by atoms with Crippen molar-refractivity contribution in [2.75, 3.05) is 55.2 Å². The Kier molecular flexibility index (Phi) is 7.33. The molecule has 1 aromatic rings. The standard InChI is InChI=1S/C33H47NO10/c1-7-43-33-21-18(14-31(38,28(42-6)26(33)36)27(21)44-29(37)17-11-9-8-10-12-17)32-20(40-4)13-19(35)30(16-39-3)15-34(2)25(32)22(33)23(41-5)24(30)32/h8-12,18-28,35-36,38H,7,13-16H2,1-6H3/t18-,19-,20+,21-,22+,23+,24-,25?,26+,27-,28+,30+,31-,32+,33-/m1/s1. The molecule has 1 unspecified atom stereocenters. The number of rotatable bonds is 9. The zero-order valence-corrected chi connectivity index (χ0v) is 26.4. The van der Waals surface area contributed by atoms with Crippen molar-refractivity contribution in [2.24, 2.45) is 34.5 Å². The van der Waals surface area contributed by atoms with E-state index in [-0.39, 0.29) is 30.9 Å². The van der Waals surface area contributed by atoms with Crippen LogP contribution in [0.25, 0.3) is 0 Å². The minimum Gasteiger partial charge on any atom is -0.455 e. The van der Waals surface area contributed by atoms with Crippen molar-refractivity contribution in [3.05, 3.63) is 35.9 Å². The van der Waals surface area contributed by atoms with Crippen LogP contribution in [-0.4, -0.2) is 135 Å². The van der Waals surface area contributed by atoms with Crippen LogP contribution in [0.5, 0.6) is 0 Å². The molecule has 3 N–H and O–H groups in total. The lowest BCUT2D eigenvalue weighted by Gasteiger charge is -2.70. The number of carbonyl (C=O) groups is 1. The zero-order valence-electron chi connectivity index (χ0n) is 26.4. The van der Waals surface area contributed by atoms with Crippen molar-refractivity contribution in [2.45, 2.75) is 73.6 Å². The summed E-state index contributed by atoms with van der Waals surface area (Å²) in [6.07, 6.45) is -4.42. The first-order chi connectivity index (χ1) is 21.1. The molecule has 0 radical (unpaired) electrons. The van der Waals surface area contributed by atoms with E-state index < -0.39 is 76.5 Å². The maximum atomic E-state index is 13.7. The van der Waals surface area contributed by atoms with Gasteiger partial charge in [-0.3, -0.25) is 0 Å². The number of hydrogen-bond donors (Lipinski definition) is 3. The Labute approximate surface area is 258 Å². The molecular formula is C33H47NO10. The molecule has 5 aliphatic carbocycles. The van der Waals surface area contributed by atoms with E-state index in [9.17, 15) is 20.1 Å². The fourth-order valence-corrected chi connectivity index (χ4v) is 12.3. The average Bonchev–Trinajstić information content (AvgIpc) is 3.40. The van der Waals surface area contributed by atoms with Crippen molar-refractivity contribution in [1.29, 1.82) is 0 Å². The minimum absolute atomic E-state index is 0.189. The lowest BCUT2D eigenvalue weighted by atomic mass is 9.42. The molecule has 0 aromatic heterocycles. The molecule has 5 saturated carbocycles. The molecule has 244 valence electrons. The lowest BCUT2D eigenvalue weighted by molar-refractivity contribution is -0.328. The van der Waals surface area contributed by atoms with E-state index in [0.717, 1.165) is 0 Å². The van der Waals surface area contributed by atoms with Crippen molar-refractivity contribution < 1.29 is 48.5 Å². The van der Waals surface area contributed by atoms with Gasteiger partial charge in [0.1, 0.15) is 29.5 Å². The van der Waals surface area contributed by atoms with Crippen LogP contribution in [0.15, 0.2) is 30.3 Å². The number of methoxy groups -OCH3 is 4. The number of esters is 1. The Bertz CT molecular complexity index is 1270. The number of carbonyl (C=O) groups excluding carboxylic acids is 1. The maximum Gasteiger partial charge on any atom is 0.338 e. The van der Waals surface area contributed by atoms with Crippen molar-refractivity contribution in [3.63, 3.8) is 0 Å². The first-order valence-electron chi connectivity index (χ1n) is 15.9. The second-order valence-electron chi connectivity index (χ2n) is 14.1. The highest BCUT2D eigenvalue weighted by Crippen LogP contribution is 2.80. The van der Waals surface area contributed by atoms with E-state index in [1.807, 2.05) is 13.0 Å². The molecule has 6 aliphatic rings. The Morgan fingerprint density at radius 3 is 2.36 bits per heavy atom. The van der Waals surface area contributed by atoms with E-state index >= 15 is 0 Å². The number of fused-ring (bicyclic) bond motifs is 2. The number of ether oxygens (including phenoxy) is 6. The van der Waals surface area contributed by atoms with E-state index in [2.05, 4.69) is 11.9 Å². The molecule has 44 heavy (non-hydrogen) atoms. The molecule has 1 spiro atoms. The third-order valence-electron chi connectivity index (χ3n) is 13.0. The zero-order chi connectivity index (χ0) is 31.4. The van der Waals surface area contributed by atoms with E-state index in [4.69, 9.17) is 28.4 Å². The Morgan fingerprint density at radius 1 is 1.02 bits per heavy atom. The van der Waals surface area contributed by atoms with Gasteiger partial charge in [0.05, 0.1) is 30.5 Å². The molecule has 1 aromatic carbocycles. The molecule has 1 heterocycles. The normalized spacial score (nSPS) is 51.8. The summed E-state index contributed by atoms with van der Waals surface area (Å²) < 4.78 is 37.9. The highest BCUT2D eigenvalue weighted by Gasteiger charge is 2.91. The smallest absolute Gasteiger partial charge is 0.338 e. The number of benzene rings is 1. The van der Waals surface area contributed by atoms with Crippen molar-refractivity contribution >= 4 is 5.97 Å². The summed E-state index contributed by atoms with van der Waals surface area (Å²) in [5, 5.41) is 37.1. The number of aliphatic hydroxyl groups excluding tert-OH is 2. The highest BCUT2D eigenvalue weighted by molar-refractivity contribution is 5.89. The molecule has 15 atom stereocenters. The molecule has 11 nitrogen and oxygen atoms in total. The van der Waals surface area contributed by atoms with E-state index in [1.165, 1.54) is 7.11 Å². The van der Waals surface area contributed by atoms with Crippen molar-refractivity contribution in [3.8, 4) is 0 Å². The van der Waals surface area contributed by atoms with Gasteiger partial charge in [0, 0.05) is 82.6 Å². The topological polar surface area (TPSA) is 136 Å². The van der Waals surface area contributed by atoms with Gasteiger partial charge in [0.2, 0.25) is 0 Å². The van der Waals surface area contributed by atoms with Crippen LogP contribution < -0.4 is 0 Å². The second-order valence-corrected chi connectivity index (χ2v) is 14.1. The summed E-state index contributed by atoms with van der Waals surface area (Å²) in [6.45, 7) is 3.03. The summed E-state index contributed by atoms with van der Waals surface area (Å²) in [5.74, 6) is -2.19. The molecule has 0 amide bonds. The summed E-state index contributed by atoms with van der Waals surface area (Å²) in [6, 6.07) is 8.54. The number of piperidine rings is 1. The van der Waals surface area contributed by atoms with Gasteiger partial charge in [0.25, 0.3) is 0 Å². The van der Waals surface area contributed by atoms with Crippen LogP contribution in [0, 0.1) is 34.5 Å². The molecule has 11 heteroatoms. The Morgan fingerprint density at radius 2 is 1.75 bits per heavy atom. The van der Waals surface area contributed by atoms with E-state index in [0.29, 0.717) is 25.1 Å². The number of hydrogen-bond acceptors (Lipinski definition) is 11. The monoisotopic (exact) mass is 617 g/mol. The average molecular weight is 618 g/mol. The summed E-state index contributed by atoms with van der Waals surface area (Å²) in [7, 11) is 8.54. The van der Waals surface area contributed by atoms with Crippen LogP contribution in [0.1, 0.15) is 30.1 Å². The molecule has 6 fully saturated rings. The maximum absolute atomic E-state index is 13.7. The van der Waals surface area contributed by atoms with Gasteiger partial charge in [-0.05, 0) is 38.4 Å². The minimum atomic E-state index is -1.71. The summed E-state index contributed by atoms with van der Waals surface area (Å²) in [4.78, 5) is 16.0. The quantitative estimate of drug-likeness (QED) is 0.339. The first kappa shape index (κ1) is 31.0. The van der Waals surface area contributed by atoms with Gasteiger partial charge in [0.15, 0.2) is 0 Å². The van der Waals surface area contributed by atoms with Crippen LogP contribution >= 0.6 is 0 Å². The number of aliphatic hydroxyl groups is 3. The molecule has 1 saturated heterocycles. The Hall–Kier alpha value is -1.67. The summed E-state index contributed by atoms with van der Waals surface area (Å²) in [5.41, 5.74) is -4.01. The highest BCUT2D eigenvalue weighted by atomic mass is 16.6. The third kappa shape index (κ3) is 3.36. The Balaban J connectivity index is 1.50. The molecular weight excluding hydrogens is 570 g/mol. The van der Waals surface area contributed by atoms with Gasteiger partial charge in [-0.25, -0.2) is 4.79 Å². The largest absolute Gasteiger partial charge is 0.455 e. The van der Waals surface area contributed by atoms with Gasteiger partial charge >= 0.3 is 5.97 Å². The van der Waals surface area contributed by atoms with Gasteiger partial charge < -0.3 is 48.6 Å². The van der Waals surface area contributed by atoms with Gasteiger partial charge in [-0.15, -0.1) is 0 Å². The predicted molar refractivity (Wildman–Crippen MR) is 156 cm³/mol. The molecule has 7 rings (SSSR count). The molecule has 7 bridgehead atoms. The van der Waals surface area contributed by atoms with Crippen LogP contribution in [0.2, 0.25) is 0 Å². The predicted octanol–water partition coefficient (Wildman–Crippen LogP) is 0.731. The van der Waals surface area contributed by atoms with Crippen LogP contribution in [-0.2, 0) is 28.4 Å². The SMILES string of the molecule is CCO[C@]12[C@H]3[C@@H](OC(=O)c4ccccc4)[C@](O)(C[C@H]3[C@@]34C5[C@@H]1[C@H](OC)[C@@H]3[C@](COC)(CN5C)[C@H](O)C[C@@H]4OC)[C@@H](OC)[C@@H]2O. The number of likely N-dealkylation sites (tertiary alicyclic amines) is 1. The van der Waals surface area contributed by atoms with Crippen LogP contribution in [0.4, 0.5) is 0 Å². The van der Waals surface area contributed by atoms with Gasteiger partial charge in [-0.1, -0.05) is 18.2 Å². The fraction of sp³-hybridized carbons (Fsp3) is 0.788. The van der Waals surface area contributed by atoms with Crippen LogP contribution in [0.3, 0.4) is 0 Å². The van der Waals surface area contributed by atoms with Gasteiger partial charge in [-0.2, -0.15) is 0 Å². The third-order valence-corrected chi connectivity index (χ3v) is 13.0. The lowest BCUT2D eigenvalue weighted by Crippen LogP contribution is -2.81. The second kappa shape index (κ2) is 10.4.